The van der Waals surface area contributed by atoms with Crippen molar-refractivity contribution in [2.75, 3.05) is 5.32 Å². The number of H-pyrrole nitrogens is 2. The van der Waals surface area contributed by atoms with Gasteiger partial charge in [-0.05, 0) is 36.8 Å². The molecule has 0 saturated carbocycles. The highest BCUT2D eigenvalue weighted by Crippen LogP contribution is 2.30. The molecule has 0 bridgehead atoms. The van der Waals surface area contributed by atoms with Crippen LogP contribution >= 0.6 is 11.3 Å². The molecule has 5 aromatic rings. The normalized spacial score (nSPS) is 10.6. The fourth-order valence-corrected chi connectivity index (χ4v) is 3.85. The smallest absolute Gasteiger partial charge is 0.272 e. The molecule has 0 aliphatic rings. The van der Waals surface area contributed by atoms with Gasteiger partial charge in [0.2, 0.25) is 0 Å². The summed E-state index contributed by atoms with van der Waals surface area (Å²) in [5, 5.41) is 17.4. The van der Waals surface area contributed by atoms with Gasteiger partial charge in [0.05, 0.1) is 5.69 Å². The summed E-state index contributed by atoms with van der Waals surface area (Å²) in [6, 6.07) is 17.9. The molecular weight excluding hydrogens is 412 g/mol. The Bertz CT molecular complexity index is 1400. The summed E-state index contributed by atoms with van der Waals surface area (Å²) in [7, 11) is 0. The number of nitrogens with one attached hydrogen (secondary N) is 3. The number of pyridine rings is 1. The first-order chi connectivity index (χ1) is 15.0. The van der Waals surface area contributed by atoms with Gasteiger partial charge in [0, 0.05) is 45.1 Å². The number of carbonyl (C=O) groups is 1. The maximum atomic E-state index is 12.1. The van der Waals surface area contributed by atoms with Crippen molar-refractivity contribution in [1.29, 1.82) is 0 Å². The van der Waals surface area contributed by atoms with Gasteiger partial charge in [-0.15, -0.1) is 11.3 Å². The van der Waals surface area contributed by atoms with Crippen LogP contribution in [0.15, 0.2) is 71.0 Å². The Morgan fingerprint density at radius 3 is 2.65 bits per heavy atom. The maximum absolute atomic E-state index is 12.1. The van der Waals surface area contributed by atoms with Crippen LogP contribution in [0.4, 0.5) is 10.8 Å². The molecule has 0 unspecified atom stereocenters. The number of carboxylic acids is 1. The zero-order valence-corrected chi connectivity index (χ0v) is 17.5. The van der Waals surface area contributed by atoms with Crippen molar-refractivity contribution < 1.29 is 9.90 Å². The average molecular weight is 431 g/mol. The Labute approximate surface area is 181 Å². The van der Waals surface area contributed by atoms with Crippen molar-refractivity contribution in [3.8, 4) is 11.3 Å². The number of aromatic amines is 2. The Balaban J connectivity index is 0.000000418. The number of benzene rings is 2. The molecule has 0 fully saturated rings. The Hall–Kier alpha value is -3.91. The van der Waals surface area contributed by atoms with Crippen molar-refractivity contribution in [3.05, 3.63) is 76.5 Å². The van der Waals surface area contributed by atoms with E-state index in [1.165, 1.54) is 6.92 Å². The van der Waals surface area contributed by atoms with Gasteiger partial charge < -0.3 is 25.2 Å². The van der Waals surface area contributed by atoms with Gasteiger partial charge in [0.25, 0.3) is 5.56 Å². The van der Waals surface area contributed by atoms with E-state index in [1.807, 2.05) is 53.9 Å². The van der Waals surface area contributed by atoms with Crippen LogP contribution in [-0.4, -0.2) is 20.9 Å². The standard InChI is InChI=1S/C20H14N4OS.C3H6O2/c25-19-18-14(8-9-21-18)15-10-12(6-7-16(15)23-19)17-11-26-20(24-17)22-13-4-2-1-3-5-13;1-2-3(4)5/h1-11,21H,(H,22,24)(H,23,25);2H2,1H3,(H,4,5)/p-1. The number of hydrogen-bond acceptors (Lipinski definition) is 6. The zero-order chi connectivity index (χ0) is 21.8. The van der Waals surface area contributed by atoms with Crippen LogP contribution in [0.5, 0.6) is 0 Å². The Morgan fingerprint density at radius 1 is 1.13 bits per heavy atom. The van der Waals surface area contributed by atoms with Gasteiger partial charge in [0.1, 0.15) is 5.52 Å². The molecule has 2 aromatic carbocycles. The predicted molar refractivity (Wildman–Crippen MR) is 123 cm³/mol. The van der Waals surface area contributed by atoms with E-state index in [4.69, 9.17) is 4.98 Å². The molecule has 0 aliphatic heterocycles. The number of rotatable bonds is 4. The van der Waals surface area contributed by atoms with Crippen LogP contribution in [0.1, 0.15) is 13.3 Å². The minimum atomic E-state index is -0.995. The highest BCUT2D eigenvalue weighted by Gasteiger charge is 2.10. The number of carbonyl (C=O) groups excluding carboxylic acids is 1. The van der Waals surface area contributed by atoms with Gasteiger partial charge in [-0.1, -0.05) is 31.2 Å². The van der Waals surface area contributed by atoms with Gasteiger partial charge in [-0.25, -0.2) is 4.98 Å². The van der Waals surface area contributed by atoms with Gasteiger partial charge in [-0.3, -0.25) is 4.79 Å². The highest BCUT2D eigenvalue weighted by molar-refractivity contribution is 7.14. The van der Waals surface area contributed by atoms with E-state index in [2.05, 4.69) is 21.4 Å². The molecule has 3 heterocycles. The lowest BCUT2D eigenvalue weighted by Crippen LogP contribution is -2.19. The number of para-hydroxylation sites is 1. The van der Waals surface area contributed by atoms with E-state index in [-0.39, 0.29) is 12.0 Å². The lowest BCUT2D eigenvalue weighted by atomic mass is 10.1. The summed E-state index contributed by atoms with van der Waals surface area (Å²) in [5.74, 6) is -0.995. The largest absolute Gasteiger partial charge is 0.550 e. The van der Waals surface area contributed by atoms with E-state index in [0.29, 0.717) is 5.52 Å². The molecule has 0 saturated heterocycles. The minimum absolute atomic E-state index is 0.103. The van der Waals surface area contributed by atoms with E-state index in [9.17, 15) is 14.7 Å². The molecule has 5 rings (SSSR count). The molecule has 31 heavy (non-hydrogen) atoms. The van der Waals surface area contributed by atoms with Gasteiger partial charge in [-0.2, -0.15) is 0 Å². The van der Waals surface area contributed by atoms with Crippen molar-refractivity contribution >= 4 is 49.9 Å². The third kappa shape index (κ3) is 4.49. The second kappa shape index (κ2) is 8.85. The number of thiazole rings is 1. The minimum Gasteiger partial charge on any atom is -0.550 e. The summed E-state index contributed by atoms with van der Waals surface area (Å²) < 4.78 is 0. The van der Waals surface area contributed by atoms with Crippen LogP contribution in [-0.2, 0) is 4.79 Å². The SMILES string of the molecule is CCC(=O)[O-].O=c1[nH]c2ccc(-c3csc(Nc4ccccc4)n3)cc2c2cc[nH]c12. The first-order valence-corrected chi connectivity index (χ1v) is 10.5. The summed E-state index contributed by atoms with van der Waals surface area (Å²) in [5.41, 5.74) is 4.25. The second-order valence-corrected chi connectivity index (χ2v) is 7.59. The van der Waals surface area contributed by atoms with E-state index < -0.39 is 5.97 Å². The lowest BCUT2D eigenvalue weighted by Gasteiger charge is -2.03. The van der Waals surface area contributed by atoms with E-state index in [1.54, 1.807) is 17.5 Å². The van der Waals surface area contributed by atoms with Crippen LogP contribution < -0.4 is 16.0 Å². The number of carboxylic acid groups (broad SMARTS) is 1. The fourth-order valence-electron chi connectivity index (χ4n) is 3.11. The van der Waals surface area contributed by atoms with Crippen LogP contribution in [0.3, 0.4) is 0 Å². The third-order valence-electron chi connectivity index (χ3n) is 4.65. The topological polar surface area (TPSA) is 114 Å². The molecule has 3 N–H and O–H groups in total. The lowest BCUT2D eigenvalue weighted by molar-refractivity contribution is -0.305. The molecule has 0 radical (unpaired) electrons. The third-order valence-corrected chi connectivity index (χ3v) is 5.40. The first kappa shape index (κ1) is 20.4. The second-order valence-electron chi connectivity index (χ2n) is 6.74. The monoisotopic (exact) mass is 431 g/mol. The van der Waals surface area contributed by atoms with E-state index >= 15 is 0 Å². The van der Waals surface area contributed by atoms with Crippen LogP contribution in [0, 0.1) is 0 Å². The highest BCUT2D eigenvalue weighted by atomic mass is 32.1. The Kier molecular flexibility index (Phi) is 5.81. The van der Waals surface area contributed by atoms with Crippen LogP contribution in [0.25, 0.3) is 33.1 Å². The molecule has 8 heteroatoms. The van der Waals surface area contributed by atoms with Gasteiger partial charge >= 0.3 is 0 Å². The molecular formula is C23H19N4O3S-. The molecule has 0 aliphatic carbocycles. The Morgan fingerprint density at radius 2 is 1.90 bits per heavy atom. The average Bonchev–Trinajstić information content (AvgIpc) is 3.45. The van der Waals surface area contributed by atoms with Crippen molar-refractivity contribution in [3.63, 3.8) is 0 Å². The number of anilines is 2. The number of hydrogen-bond donors (Lipinski definition) is 3. The predicted octanol–water partition coefficient (Wildman–Crippen LogP) is 4.02. The van der Waals surface area contributed by atoms with Crippen LogP contribution in [0.2, 0.25) is 0 Å². The summed E-state index contributed by atoms with van der Waals surface area (Å²) in [4.78, 5) is 32.0. The molecule has 0 spiro atoms. The zero-order valence-electron chi connectivity index (χ0n) is 16.6. The molecule has 0 amide bonds. The van der Waals surface area contributed by atoms with Gasteiger partial charge in [0.15, 0.2) is 5.13 Å². The summed E-state index contributed by atoms with van der Waals surface area (Å²) >= 11 is 1.57. The number of aromatic nitrogens is 3. The summed E-state index contributed by atoms with van der Waals surface area (Å²) in [6.45, 7) is 1.54. The molecule has 156 valence electrons. The summed E-state index contributed by atoms with van der Waals surface area (Å²) in [6.07, 6.45) is 1.90. The van der Waals surface area contributed by atoms with Crippen molar-refractivity contribution in [2.45, 2.75) is 13.3 Å². The number of aliphatic carboxylic acids is 1. The quantitative estimate of drug-likeness (QED) is 0.398. The first-order valence-electron chi connectivity index (χ1n) is 9.66. The fraction of sp³-hybridized carbons (Fsp3) is 0.0870. The van der Waals surface area contributed by atoms with Crippen molar-refractivity contribution in [2.24, 2.45) is 0 Å². The maximum Gasteiger partial charge on any atom is 0.272 e. The van der Waals surface area contributed by atoms with Crippen molar-refractivity contribution in [1.82, 2.24) is 15.0 Å². The molecule has 0 atom stereocenters. The molecule has 7 nitrogen and oxygen atoms in total. The molecule has 3 aromatic heterocycles. The number of nitrogens with zero attached hydrogens (tertiary/aromatic N) is 1. The number of fused-ring (bicyclic) bond motifs is 3. The van der Waals surface area contributed by atoms with E-state index in [0.717, 1.165) is 38.4 Å².